The zero-order valence-electron chi connectivity index (χ0n) is 9.95. The van der Waals surface area contributed by atoms with Crippen molar-refractivity contribution in [2.24, 2.45) is 0 Å². The number of hydrogen-bond donors (Lipinski definition) is 0. The fourth-order valence-electron chi connectivity index (χ4n) is 2.08. The average molecular weight is 204 g/mol. The minimum atomic E-state index is 0.520. The van der Waals surface area contributed by atoms with Gasteiger partial charge in [-0.15, -0.1) is 0 Å². The van der Waals surface area contributed by atoms with Crippen molar-refractivity contribution < 1.29 is 0 Å². The summed E-state index contributed by atoms with van der Waals surface area (Å²) in [5.41, 5.74) is 2.55. The molecule has 0 atom stereocenters. The van der Waals surface area contributed by atoms with E-state index in [0.717, 1.165) is 0 Å². The number of hydrogen-bond acceptors (Lipinski definition) is 2. The Bertz CT molecular complexity index is 338. The van der Waals surface area contributed by atoms with Crippen molar-refractivity contribution in [2.45, 2.75) is 39.5 Å². The molecule has 0 spiro atoms. The Hall–Kier alpha value is -1.05. The molecule has 1 saturated heterocycles. The van der Waals surface area contributed by atoms with Crippen LogP contribution < -0.4 is 4.90 Å². The summed E-state index contributed by atoms with van der Waals surface area (Å²) in [6, 6.07) is 4.40. The summed E-state index contributed by atoms with van der Waals surface area (Å²) in [6.45, 7) is 8.92. The van der Waals surface area contributed by atoms with Gasteiger partial charge in [0.05, 0.1) is 0 Å². The highest BCUT2D eigenvalue weighted by atomic mass is 15.2. The maximum absolute atomic E-state index is 4.74. The van der Waals surface area contributed by atoms with Gasteiger partial charge in [0.25, 0.3) is 0 Å². The quantitative estimate of drug-likeness (QED) is 0.736. The monoisotopic (exact) mass is 204 g/mol. The van der Waals surface area contributed by atoms with E-state index >= 15 is 0 Å². The number of nitrogens with zero attached hydrogens (tertiary/aromatic N) is 2. The normalized spacial score (nSPS) is 16.4. The fourth-order valence-corrected chi connectivity index (χ4v) is 2.08. The highest BCUT2D eigenvalue weighted by Crippen LogP contribution is 2.22. The van der Waals surface area contributed by atoms with Gasteiger partial charge in [-0.05, 0) is 43.4 Å². The third-order valence-corrected chi connectivity index (χ3v) is 3.00. The maximum atomic E-state index is 4.74. The van der Waals surface area contributed by atoms with Crippen molar-refractivity contribution in [3.63, 3.8) is 0 Å². The molecule has 0 unspecified atom stereocenters. The molecule has 1 aromatic heterocycles. The minimum absolute atomic E-state index is 0.520. The first kappa shape index (κ1) is 10.5. The van der Waals surface area contributed by atoms with E-state index in [9.17, 15) is 0 Å². The number of pyridine rings is 1. The number of aromatic nitrogens is 1. The lowest BCUT2D eigenvalue weighted by atomic mass is 10.1. The van der Waals surface area contributed by atoms with E-state index in [1.54, 1.807) is 0 Å². The first-order chi connectivity index (χ1) is 7.16. The van der Waals surface area contributed by atoms with Crippen molar-refractivity contribution >= 4 is 5.82 Å². The maximum Gasteiger partial charge on any atom is 0.129 e. The van der Waals surface area contributed by atoms with Crippen LogP contribution in [0.15, 0.2) is 12.1 Å². The first-order valence-electron chi connectivity index (χ1n) is 5.90. The topological polar surface area (TPSA) is 16.1 Å². The Balaban J connectivity index is 2.30. The molecule has 15 heavy (non-hydrogen) atoms. The molecule has 0 N–H and O–H groups in total. The molecule has 0 aromatic carbocycles. The molecule has 2 nitrogen and oxygen atoms in total. The first-order valence-corrected chi connectivity index (χ1v) is 5.90. The molecule has 0 amide bonds. The zero-order chi connectivity index (χ0) is 10.8. The summed E-state index contributed by atoms with van der Waals surface area (Å²) < 4.78 is 0. The Kier molecular flexibility index (Phi) is 2.94. The molecule has 0 aliphatic carbocycles. The lowest BCUT2D eigenvalue weighted by Gasteiger charge is -2.18. The van der Waals surface area contributed by atoms with Crippen LogP contribution in [-0.2, 0) is 0 Å². The number of aryl methyl sites for hydroxylation is 1. The Morgan fingerprint density at radius 2 is 1.87 bits per heavy atom. The summed E-state index contributed by atoms with van der Waals surface area (Å²) in [6.07, 6.45) is 2.62. The molecule has 1 aliphatic rings. The van der Waals surface area contributed by atoms with Crippen LogP contribution in [0.5, 0.6) is 0 Å². The summed E-state index contributed by atoms with van der Waals surface area (Å²) in [7, 11) is 0. The van der Waals surface area contributed by atoms with Crippen LogP contribution in [-0.4, -0.2) is 18.1 Å². The molecule has 2 heteroatoms. The van der Waals surface area contributed by atoms with Crippen molar-refractivity contribution in [1.29, 1.82) is 0 Å². The Morgan fingerprint density at radius 1 is 1.20 bits per heavy atom. The van der Waals surface area contributed by atoms with Crippen LogP contribution in [0.3, 0.4) is 0 Å². The van der Waals surface area contributed by atoms with Gasteiger partial charge in [0.2, 0.25) is 0 Å². The molecule has 1 aromatic rings. The summed E-state index contributed by atoms with van der Waals surface area (Å²) in [5, 5.41) is 0. The predicted molar refractivity (Wildman–Crippen MR) is 64.5 cm³/mol. The van der Waals surface area contributed by atoms with E-state index < -0.39 is 0 Å². The molecular formula is C13H20N2. The second kappa shape index (κ2) is 4.21. The smallest absolute Gasteiger partial charge is 0.129 e. The molecule has 2 rings (SSSR count). The Labute approximate surface area is 92.3 Å². The summed E-state index contributed by atoms with van der Waals surface area (Å²) in [4.78, 5) is 7.14. The van der Waals surface area contributed by atoms with Crippen LogP contribution >= 0.6 is 0 Å². The number of anilines is 1. The summed E-state index contributed by atoms with van der Waals surface area (Å²) in [5.74, 6) is 1.70. The molecule has 0 radical (unpaired) electrons. The third-order valence-electron chi connectivity index (χ3n) is 3.00. The fraction of sp³-hybridized carbons (Fsp3) is 0.615. The second-order valence-electron chi connectivity index (χ2n) is 4.78. The van der Waals surface area contributed by atoms with E-state index in [2.05, 4.69) is 37.8 Å². The van der Waals surface area contributed by atoms with Crippen LogP contribution in [0.1, 0.15) is 43.9 Å². The van der Waals surface area contributed by atoms with Gasteiger partial charge in [-0.3, -0.25) is 0 Å². The van der Waals surface area contributed by atoms with Gasteiger partial charge in [-0.1, -0.05) is 13.8 Å². The number of rotatable bonds is 2. The van der Waals surface area contributed by atoms with Gasteiger partial charge in [-0.2, -0.15) is 0 Å². The molecule has 0 bridgehead atoms. The highest BCUT2D eigenvalue weighted by molar-refractivity contribution is 5.43. The van der Waals surface area contributed by atoms with Gasteiger partial charge in [0.15, 0.2) is 0 Å². The lowest BCUT2D eigenvalue weighted by molar-refractivity contribution is 0.808. The minimum Gasteiger partial charge on any atom is -0.357 e. The lowest BCUT2D eigenvalue weighted by Crippen LogP contribution is -2.19. The van der Waals surface area contributed by atoms with E-state index in [-0.39, 0.29) is 0 Å². The summed E-state index contributed by atoms with van der Waals surface area (Å²) >= 11 is 0. The van der Waals surface area contributed by atoms with Gasteiger partial charge >= 0.3 is 0 Å². The molecule has 0 saturated carbocycles. The highest BCUT2D eigenvalue weighted by Gasteiger charge is 2.14. The van der Waals surface area contributed by atoms with Crippen molar-refractivity contribution in [3.05, 3.63) is 23.4 Å². The van der Waals surface area contributed by atoms with Gasteiger partial charge in [0, 0.05) is 18.8 Å². The molecule has 2 heterocycles. The van der Waals surface area contributed by atoms with Crippen molar-refractivity contribution in [3.8, 4) is 0 Å². The van der Waals surface area contributed by atoms with Gasteiger partial charge < -0.3 is 4.90 Å². The van der Waals surface area contributed by atoms with Crippen molar-refractivity contribution in [2.75, 3.05) is 18.0 Å². The van der Waals surface area contributed by atoms with Crippen LogP contribution in [0.2, 0.25) is 0 Å². The molecular weight excluding hydrogens is 184 g/mol. The van der Waals surface area contributed by atoms with E-state index in [1.807, 2.05) is 0 Å². The van der Waals surface area contributed by atoms with Gasteiger partial charge in [0.1, 0.15) is 5.82 Å². The molecule has 1 aliphatic heterocycles. The second-order valence-corrected chi connectivity index (χ2v) is 4.78. The van der Waals surface area contributed by atoms with Crippen LogP contribution in [0, 0.1) is 6.92 Å². The van der Waals surface area contributed by atoms with Gasteiger partial charge in [-0.25, -0.2) is 4.98 Å². The van der Waals surface area contributed by atoms with Crippen LogP contribution in [0.4, 0.5) is 5.82 Å². The Morgan fingerprint density at radius 3 is 2.47 bits per heavy atom. The standard InChI is InChI=1S/C13H20N2/c1-10(2)12-8-11(3)9-13(14-12)15-6-4-5-7-15/h8-10H,4-7H2,1-3H3. The molecule has 82 valence electrons. The predicted octanol–water partition coefficient (Wildman–Crippen LogP) is 3.11. The zero-order valence-corrected chi connectivity index (χ0v) is 9.95. The largest absolute Gasteiger partial charge is 0.357 e. The third kappa shape index (κ3) is 2.31. The van der Waals surface area contributed by atoms with E-state index in [0.29, 0.717) is 5.92 Å². The van der Waals surface area contributed by atoms with Crippen LogP contribution in [0.25, 0.3) is 0 Å². The average Bonchev–Trinajstić information content (AvgIpc) is 2.69. The van der Waals surface area contributed by atoms with Crippen molar-refractivity contribution in [1.82, 2.24) is 4.98 Å². The SMILES string of the molecule is Cc1cc(C(C)C)nc(N2CCCC2)c1. The molecule has 1 fully saturated rings. The van der Waals surface area contributed by atoms with E-state index in [4.69, 9.17) is 4.98 Å². The van der Waals surface area contributed by atoms with E-state index in [1.165, 1.54) is 43.0 Å².